The Kier molecular flexibility index (Phi) is 13.2. The molecule has 2 saturated carbocycles. The van der Waals surface area contributed by atoms with Crippen molar-refractivity contribution in [3.05, 3.63) is 0 Å². The summed E-state index contributed by atoms with van der Waals surface area (Å²) in [5.41, 5.74) is 0. The largest absolute Gasteiger partial charge is 0.312 e. The second-order valence-corrected chi connectivity index (χ2v) is 6.80. The van der Waals surface area contributed by atoms with Gasteiger partial charge in [-0.05, 0) is 60.9 Å². The van der Waals surface area contributed by atoms with Crippen LogP contribution in [0, 0.1) is 0 Å². The molecule has 136 valence electrons. The molecule has 0 aromatic heterocycles. The van der Waals surface area contributed by atoms with E-state index in [0.717, 1.165) is 38.5 Å². The Morgan fingerprint density at radius 3 is 1.48 bits per heavy atom. The molecule has 0 heterocycles. The van der Waals surface area contributed by atoms with Crippen molar-refractivity contribution >= 4 is 11.6 Å². The van der Waals surface area contributed by atoms with Crippen molar-refractivity contribution in [3.63, 3.8) is 0 Å². The molecule has 5 heteroatoms. The number of nitrogens with zero attached hydrogens (tertiary/aromatic N) is 1. The van der Waals surface area contributed by atoms with E-state index in [2.05, 4.69) is 10.6 Å². The Bertz CT molecular complexity index is 329. The molecule has 2 aliphatic rings. The van der Waals surface area contributed by atoms with E-state index in [1.54, 1.807) is 0 Å². The third kappa shape index (κ3) is 11.4. The fourth-order valence-electron chi connectivity index (χ4n) is 2.75. The second-order valence-electron chi connectivity index (χ2n) is 6.80. The molecule has 2 rings (SSSR count). The highest BCUT2D eigenvalue weighted by Gasteiger charge is 2.19. The summed E-state index contributed by atoms with van der Waals surface area (Å²) in [4.78, 5) is 24.1. The quantitative estimate of drug-likeness (QED) is 0.760. The summed E-state index contributed by atoms with van der Waals surface area (Å²) < 4.78 is 0. The maximum absolute atomic E-state index is 11.2. The molecule has 0 saturated heterocycles. The second kappa shape index (κ2) is 13.6. The number of ketones is 2. The molecule has 5 nitrogen and oxygen atoms in total. The van der Waals surface area contributed by atoms with Crippen LogP contribution in [0.15, 0.2) is 0 Å². The van der Waals surface area contributed by atoms with Crippen LogP contribution in [-0.4, -0.2) is 63.8 Å². The highest BCUT2D eigenvalue weighted by molar-refractivity contribution is 5.84. The van der Waals surface area contributed by atoms with E-state index in [4.69, 9.17) is 0 Å². The first kappa shape index (κ1) is 22.2. The molecule has 2 aliphatic carbocycles. The zero-order valence-corrected chi connectivity index (χ0v) is 15.8. The number of nitrogens with one attached hydrogen (secondary N) is 2. The third-order valence-electron chi connectivity index (χ3n) is 4.06. The molecule has 0 aliphatic heterocycles. The summed E-state index contributed by atoms with van der Waals surface area (Å²) in [5.74, 6) is 0.795. The topological polar surface area (TPSA) is 61.4 Å². The minimum absolute atomic E-state index is 0.155. The molecule has 0 bridgehead atoms. The zero-order chi connectivity index (χ0) is 17.7. The maximum atomic E-state index is 11.2. The Morgan fingerprint density at radius 2 is 1.09 bits per heavy atom. The molecule has 0 radical (unpaired) electrons. The maximum Gasteiger partial charge on any atom is 0.149 e. The van der Waals surface area contributed by atoms with Crippen molar-refractivity contribution in [2.75, 3.05) is 35.2 Å². The van der Waals surface area contributed by atoms with Gasteiger partial charge in [-0.1, -0.05) is 19.3 Å². The van der Waals surface area contributed by atoms with E-state index in [9.17, 15) is 9.59 Å². The van der Waals surface area contributed by atoms with E-state index in [-0.39, 0.29) is 12.1 Å². The van der Waals surface area contributed by atoms with Gasteiger partial charge in [0.25, 0.3) is 0 Å². The van der Waals surface area contributed by atoms with Crippen molar-refractivity contribution in [1.29, 1.82) is 0 Å². The normalized spacial score (nSPS) is 25.0. The number of carbonyl (C=O) groups is 2. The summed E-state index contributed by atoms with van der Waals surface area (Å²) in [6, 6.07) is 0.321. The lowest BCUT2D eigenvalue weighted by atomic mass is 9.94. The minimum Gasteiger partial charge on any atom is -0.312 e. The fourth-order valence-corrected chi connectivity index (χ4v) is 2.75. The summed E-state index contributed by atoms with van der Waals surface area (Å²) in [7, 11) is 9.72. The third-order valence-corrected chi connectivity index (χ3v) is 4.06. The summed E-state index contributed by atoms with van der Waals surface area (Å²) >= 11 is 0. The van der Waals surface area contributed by atoms with Crippen molar-refractivity contribution < 1.29 is 9.59 Å². The molecule has 0 aromatic carbocycles. The van der Waals surface area contributed by atoms with Gasteiger partial charge >= 0.3 is 0 Å². The van der Waals surface area contributed by atoms with Gasteiger partial charge < -0.3 is 15.5 Å². The highest BCUT2D eigenvalue weighted by Crippen LogP contribution is 2.14. The molecule has 23 heavy (non-hydrogen) atoms. The van der Waals surface area contributed by atoms with E-state index in [1.165, 1.54) is 19.3 Å². The van der Waals surface area contributed by atoms with Crippen LogP contribution >= 0.6 is 0 Å². The van der Waals surface area contributed by atoms with Crippen molar-refractivity contribution in [2.24, 2.45) is 0 Å². The fraction of sp³-hybridized carbons (Fsp3) is 0.889. The van der Waals surface area contributed by atoms with Crippen LogP contribution in [0.2, 0.25) is 0 Å². The van der Waals surface area contributed by atoms with Gasteiger partial charge in [0.2, 0.25) is 0 Å². The van der Waals surface area contributed by atoms with Crippen LogP contribution < -0.4 is 10.6 Å². The van der Waals surface area contributed by atoms with E-state index < -0.39 is 0 Å². The Hall–Kier alpha value is -0.780. The lowest BCUT2D eigenvalue weighted by Crippen LogP contribution is -2.36. The van der Waals surface area contributed by atoms with Crippen LogP contribution in [0.4, 0.5) is 0 Å². The number of hydrogen-bond acceptors (Lipinski definition) is 5. The van der Waals surface area contributed by atoms with Crippen LogP contribution in [0.5, 0.6) is 0 Å². The molecule has 2 unspecified atom stereocenters. The van der Waals surface area contributed by atoms with E-state index in [1.807, 2.05) is 40.1 Å². The first-order valence-corrected chi connectivity index (χ1v) is 8.93. The number of Topliss-reactive ketones (excluding diaryl/α,β-unsaturated/α-hetero) is 2. The van der Waals surface area contributed by atoms with Gasteiger partial charge in [-0.3, -0.25) is 9.59 Å². The van der Waals surface area contributed by atoms with Gasteiger partial charge in [-0.2, -0.15) is 0 Å². The Balaban J connectivity index is 0.000000345. The van der Waals surface area contributed by atoms with Gasteiger partial charge in [0.1, 0.15) is 11.6 Å². The smallest absolute Gasteiger partial charge is 0.149 e. The first-order chi connectivity index (χ1) is 10.9. The van der Waals surface area contributed by atoms with Crippen molar-refractivity contribution in [2.45, 2.75) is 69.9 Å². The monoisotopic (exact) mass is 327 g/mol. The van der Waals surface area contributed by atoms with Gasteiger partial charge in [0.15, 0.2) is 0 Å². The predicted molar refractivity (Wildman–Crippen MR) is 96.9 cm³/mol. The van der Waals surface area contributed by atoms with Crippen LogP contribution in [-0.2, 0) is 9.59 Å². The van der Waals surface area contributed by atoms with Gasteiger partial charge in [-0.25, -0.2) is 0 Å². The van der Waals surface area contributed by atoms with Gasteiger partial charge in [0, 0.05) is 12.8 Å². The Labute approximate surface area is 142 Å². The average Bonchev–Trinajstić information content (AvgIpc) is 2.72. The van der Waals surface area contributed by atoms with Crippen molar-refractivity contribution in [3.8, 4) is 0 Å². The van der Waals surface area contributed by atoms with Crippen molar-refractivity contribution in [1.82, 2.24) is 15.5 Å². The zero-order valence-electron chi connectivity index (χ0n) is 15.8. The number of carbonyl (C=O) groups excluding carboxylic acids is 2. The number of hydrogen-bond donors (Lipinski definition) is 2. The SMILES string of the molecule is CN(C)C.CNC1CCCCC1=O.CNC1CCCCCC1=O. The van der Waals surface area contributed by atoms with Crippen LogP contribution in [0.25, 0.3) is 0 Å². The molecule has 2 atom stereocenters. The van der Waals surface area contributed by atoms with E-state index >= 15 is 0 Å². The van der Waals surface area contributed by atoms with Crippen LogP contribution in [0.1, 0.15) is 57.8 Å². The molecule has 0 spiro atoms. The standard InChI is InChI=1S/C8H15NO.C7H13NO.C3H9N/c1-9-7-5-3-2-4-6-8(7)10;1-8-6-4-2-3-5-7(6)9;1-4(2)3/h7,9H,2-6H2,1H3;6,8H,2-5H2,1H3;1-3H3. The summed E-state index contributed by atoms with van der Waals surface area (Å²) in [5, 5.41) is 6.05. The first-order valence-electron chi connectivity index (χ1n) is 8.93. The molecular formula is C18H37N3O2. The number of rotatable bonds is 2. The lowest BCUT2D eigenvalue weighted by Gasteiger charge is -2.18. The summed E-state index contributed by atoms with van der Waals surface area (Å²) in [6.45, 7) is 0. The average molecular weight is 328 g/mol. The predicted octanol–water partition coefficient (Wildman–Crippen LogP) is 2.00. The molecule has 2 fully saturated rings. The van der Waals surface area contributed by atoms with E-state index in [0.29, 0.717) is 11.6 Å². The van der Waals surface area contributed by atoms with Gasteiger partial charge in [0.05, 0.1) is 12.1 Å². The van der Waals surface area contributed by atoms with Crippen LogP contribution in [0.3, 0.4) is 0 Å². The lowest BCUT2D eigenvalue weighted by molar-refractivity contribution is -0.122. The highest BCUT2D eigenvalue weighted by atomic mass is 16.1. The van der Waals surface area contributed by atoms with Gasteiger partial charge in [-0.15, -0.1) is 0 Å². The number of likely N-dealkylation sites (N-methyl/N-ethyl adjacent to an activating group) is 2. The molecule has 0 amide bonds. The molecule has 0 aromatic rings. The molecular weight excluding hydrogens is 290 g/mol. The summed E-state index contributed by atoms with van der Waals surface area (Å²) in [6.07, 6.45) is 9.47. The Morgan fingerprint density at radius 1 is 0.739 bits per heavy atom. The minimum atomic E-state index is 0.155. The molecule has 2 N–H and O–H groups in total.